The van der Waals surface area contributed by atoms with Gasteiger partial charge in [-0.05, 0) is 6.07 Å². The van der Waals surface area contributed by atoms with Gasteiger partial charge in [0.05, 0.1) is 5.75 Å². The Hall–Kier alpha value is -1.27. The Labute approximate surface area is 113 Å². The molecule has 0 fully saturated rings. The molecule has 0 atom stereocenters. The van der Waals surface area contributed by atoms with Gasteiger partial charge in [0.2, 0.25) is 0 Å². The molecule has 1 heterocycles. The van der Waals surface area contributed by atoms with Crippen LogP contribution in [0.25, 0.3) is 0 Å². The molecular weight excluding hydrogens is 266 g/mol. The topological polar surface area (TPSA) is 64.6 Å². The lowest BCUT2D eigenvalue weighted by Crippen LogP contribution is -2.24. The van der Waals surface area contributed by atoms with E-state index in [1.54, 1.807) is 6.92 Å². The van der Waals surface area contributed by atoms with Crippen LogP contribution in [0, 0.1) is 0 Å². The summed E-state index contributed by atoms with van der Waals surface area (Å²) >= 11 is 0. The summed E-state index contributed by atoms with van der Waals surface area (Å²) in [5.41, 5.74) is 0.992. The fourth-order valence-corrected chi connectivity index (χ4v) is 2.61. The average Bonchev–Trinajstić information content (AvgIpc) is 2.44. The standard InChI is InChI=1S/C13H19NO4S/c1-2-19(15,16)9-6-14-10-11-4-3-5-12-13(11)18-8-7-17-12/h3-5,14H,2,6-10H2,1H3. The van der Waals surface area contributed by atoms with Gasteiger partial charge in [0, 0.05) is 24.4 Å². The molecule has 0 bridgehead atoms. The zero-order valence-electron chi connectivity index (χ0n) is 11.0. The third kappa shape index (κ3) is 3.84. The van der Waals surface area contributed by atoms with Crippen molar-refractivity contribution >= 4 is 9.84 Å². The lowest BCUT2D eigenvalue weighted by Gasteiger charge is -2.21. The predicted molar refractivity (Wildman–Crippen MR) is 73.5 cm³/mol. The maximum Gasteiger partial charge on any atom is 0.165 e. The minimum absolute atomic E-state index is 0.163. The van der Waals surface area contributed by atoms with E-state index in [4.69, 9.17) is 9.47 Å². The van der Waals surface area contributed by atoms with E-state index in [1.165, 1.54) is 0 Å². The summed E-state index contributed by atoms with van der Waals surface area (Å²) in [4.78, 5) is 0. The number of benzene rings is 1. The van der Waals surface area contributed by atoms with Crippen molar-refractivity contribution in [2.24, 2.45) is 0 Å². The lowest BCUT2D eigenvalue weighted by atomic mass is 10.1. The Morgan fingerprint density at radius 2 is 2.05 bits per heavy atom. The van der Waals surface area contributed by atoms with E-state index in [0.29, 0.717) is 26.3 Å². The summed E-state index contributed by atoms with van der Waals surface area (Å²) in [6, 6.07) is 5.74. The van der Waals surface area contributed by atoms with Gasteiger partial charge < -0.3 is 14.8 Å². The molecule has 5 nitrogen and oxygen atoms in total. The van der Waals surface area contributed by atoms with Crippen molar-refractivity contribution in [3.05, 3.63) is 23.8 Å². The average molecular weight is 285 g/mol. The van der Waals surface area contributed by atoms with Gasteiger partial charge >= 0.3 is 0 Å². The molecule has 1 aromatic rings. The molecule has 6 heteroatoms. The number of hydrogen-bond acceptors (Lipinski definition) is 5. The zero-order valence-corrected chi connectivity index (χ0v) is 11.8. The first-order valence-corrected chi connectivity index (χ1v) is 8.23. The van der Waals surface area contributed by atoms with Crippen LogP contribution in [-0.2, 0) is 16.4 Å². The second-order valence-corrected chi connectivity index (χ2v) is 6.83. The Morgan fingerprint density at radius 3 is 2.84 bits per heavy atom. The number of hydrogen-bond donors (Lipinski definition) is 1. The van der Waals surface area contributed by atoms with Crippen molar-refractivity contribution in [3.63, 3.8) is 0 Å². The fraction of sp³-hybridized carbons (Fsp3) is 0.538. The molecule has 1 aliphatic heterocycles. The van der Waals surface area contributed by atoms with Crippen molar-refractivity contribution in [2.75, 3.05) is 31.3 Å². The van der Waals surface area contributed by atoms with Crippen LogP contribution in [0.4, 0.5) is 0 Å². The molecule has 0 aliphatic carbocycles. The Kier molecular flexibility index (Phi) is 4.66. The fourth-order valence-electron chi connectivity index (χ4n) is 1.87. The van der Waals surface area contributed by atoms with Gasteiger partial charge in [0.1, 0.15) is 13.2 Å². The van der Waals surface area contributed by atoms with Crippen LogP contribution in [0.5, 0.6) is 11.5 Å². The molecular formula is C13H19NO4S. The number of nitrogens with one attached hydrogen (secondary N) is 1. The van der Waals surface area contributed by atoms with E-state index in [1.807, 2.05) is 18.2 Å². The first kappa shape index (κ1) is 14.1. The van der Waals surface area contributed by atoms with Crippen LogP contribution < -0.4 is 14.8 Å². The number of ether oxygens (including phenoxy) is 2. The minimum atomic E-state index is -2.91. The lowest BCUT2D eigenvalue weighted by molar-refractivity contribution is 0.169. The first-order chi connectivity index (χ1) is 9.12. The van der Waals surface area contributed by atoms with E-state index in [0.717, 1.165) is 17.1 Å². The largest absolute Gasteiger partial charge is 0.486 e. The van der Waals surface area contributed by atoms with Crippen LogP contribution in [0.2, 0.25) is 0 Å². The second kappa shape index (κ2) is 6.25. The third-order valence-corrected chi connectivity index (χ3v) is 4.70. The van der Waals surface area contributed by atoms with Gasteiger partial charge in [-0.2, -0.15) is 0 Å². The SMILES string of the molecule is CCS(=O)(=O)CCNCc1cccc2c1OCCO2. The van der Waals surface area contributed by atoms with Gasteiger partial charge in [-0.1, -0.05) is 19.1 Å². The van der Waals surface area contributed by atoms with Crippen LogP contribution in [0.3, 0.4) is 0 Å². The summed E-state index contributed by atoms with van der Waals surface area (Å²) in [5.74, 6) is 1.87. The highest BCUT2D eigenvalue weighted by atomic mass is 32.2. The molecule has 1 N–H and O–H groups in total. The highest BCUT2D eigenvalue weighted by Gasteiger charge is 2.15. The van der Waals surface area contributed by atoms with E-state index >= 15 is 0 Å². The molecule has 1 aliphatic rings. The monoisotopic (exact) mass is 285 g/mol. The maximum absolute atomic E-state index is 11.4. The maximum atomic E-state index is 11.4. The molecule has 0 aromatic heterocycles. The minimum Gasteiger partial charge on any atom is -0.486 e. The number of para-hydroxylation sites is 1. The van der Waals surface area contributed by atoms with Gasteiger partial charge in [-0.3, -0.25) is 0 Å². The molecule has 0 saturated heterocycles. The Bertz CT molecular complexity index is 527. The summed E-state index contributed by atoms with van der Waals surface area (Å²) < 4.78 is 33.8. The summed E-state index contributed by atoms with van der Waals surface area (Å²) in [5, 5.41) is 3.13. The van der Waals surface area contributed by atoms with Crippen LogP contribution in [-0.4, -0.2) is 39.7 Å². The van der Waals surface area contributed by atoms with Crippen molar-refractivity contribution in [2.45, 2.75) is 13.5 Å². The molecule has 0 saturated carbocycles. The van der Waals surface area contributed by atoms with Gasteiger partial charge in [0.15, 0.2) is 21.3 Å². The van der Waals surface area contributed by atoms with E-state index in [-0.39, 0.29) is 11.5 Å². The Balaban J connectivity index is 1.90. The van der Waals surface area contributed by atoms with Gasteiger partial charge in [0.25, 0.3) is 0 Å². The molecule has 106 valence electrons. The highest BCUT2D eigenvalue weighted by Crippen LogP contribution is 2.33. The molecule has 0 unspecified atom stereocenters. The van der Waals surface area contributed by atoms with Crippen LogP contribution in [0.1, 0.15) is 12.5 Å². The Morgan fingerprint density at radius 1 is 1.26 bits per heavy atom. The molecule has 1 aromatic carbocycles. The molecule has 0 amide bonds. The number of sulfone groups is 1. The van der Waals surface area contributed by atoms with Crippen molar-refractivity contribution in [1.29, 1.82) is 0 Å². The molecule has 0 spiro atoms. The smallest absolute Gasteiger partial charge is 0.165 e. The normalized spacial score (nSPS) is 14.4. The number of rotatable bonds is 6. The van der Waals surface area contributed by atoms with Crippen molar-refractivity contribution in [1.82, 2.24) is 5.32 Å². The van der Waals surface area contributed by atoms with E-state index in [9.17, 15) is 8.42 Å². The van der Waals surface area contributed by atoms with Gasteiger partial charge in [-0.15, -0.1) is 0 Å². The molecule has 2 rings (SSSR count). The van der Waals surface area contributed by atoms with E-state index in [2.05, 4.69) is 5.32 Å². The summed E-state index contributed by atoms with van der Waals surface area (Å²) in [6.45, 7) is 3.80. The van der Waals surface area contributed by atoms with E-state index < -0.39 is 9.84 Å². The van der Waals surface area contributed by atoms with Crippen LogP contribution >= 0.6 is 0 Å². The first-order valence-electron chi connectivity index (χ1n) is 6.41. The quantitative estimate of drug-likeness (QED) is 0.789. The second-order valence-electron chi connectivity index (χ2n) is 4.35. The van der Waals surface area contributed by atoms with Crippen LogP contribution in [0.15, 0.2) is 18.2 Å². The molecule has 0 radical (unpaired) electrons. The predicted octanol–water partition coefficient (Wildman–Crippen LogP) is 0.982. The van der Waals surface area contributed by atoms with Crippen molar-refractivity contribution < 1.29 is 17.9 Å². The number of fused-ring (bicyclic) bond motifs is 1. The van der Waals surface area contributed by atoms with Gasteiger partial charge in [-0.25, -0.2) is 8.42 Å². The summed E-state index contributed by atoms with van der Waals surface area (Å²) in [7, 11) is -2.91. The third-order valence-electron chi connectivity index (χ3n) is 2.99. The molecule has 19 heavy (non-hydrogen) atoms. The van der Waals surface area contributed by atoms with Crippen molar-refractivity contribution in [3.8, 4) is 11.5 Å². The highest BCUT2D eigenvalue weighted by molar-refractivity contribution is 7.91. The summed E-state index contributed by atoms with van der Waals surface area (Å²) in [6.07, 6.45) is 0. The zero-order chi connectivity index (χ0) is 13.7.